The fourth-order valence-electron chi connectivity index (χ4n) is 1.83. The third-order valence-corrected chi connectivity index (χ3v) is 4.51. The topological polar surface area (TPSA) is 146 Å². The third-order valence-electron chi connectivity index (χ3n) is 2.67. The molecule has 2 aromatic rings. The molecule has 0 atom stereocenters. The maximum absolute atomic E-state index is 12.5. The van der Waals surface area contributed by atoms with Crippen molar-refractivity contribution in [2.24, 2.45) is 5.73 Å². The van der Waals surface area contributed by atoms with Crippen molar-refractivity contribution in [1.29, 1.82) is 0 Å². The predicted molar refractivity (Wildman–Crippen MR) is 71.7 cm³/mol. The number of rotatable bonds is 6. The molecule has 0 bridgehead atoms. The Labute approximate surface area is 119 Å². The molecule has 0 spiro atoms. The lowest BCUT2D eigenvalue weighted by atomic mass is 10.3. The van der Waals surface area contributed by atoms with Gasteiger partial charge in [0.25, 0.3) is 0 Å². The summed E-state index contributed by atoms with van der Waals surface area (Å²) in [7, 11) is -4.19. The molecule has 0 aliphatic carbocycles. The van der Waals surface area contributed by atoms with Crippen LogP contribution in [0.3, 0.4) is 0 Å². The minimum atomic E-state index is -4.19. The van der Waals surface area contributed by atoms with Crippen molar-refractivity contribution in [3.8, 4) is 0 Å². The van der Waals surface area contributed by atoms with Crippen LogP contribution in [-0.4, -0.2) is 52.8 Å². The van der Waals surface area contributed by atoms with Gasteiger partial charge in [0.1, 0.15) is 17.1 Å². The smallest absolute Gasteiger partial charge is 0.318 e. The second-order valence-corrected chi connectivity index (χ2v) is 6.09. The number of sulfonamides is 1. The quantitative estimate of drug-likeness (QED) is 0.631. The van der Waals surface area contributed by atoms with Gasteiger partial charge in [0, 0.05) is 17.8 Å². The minimum absolute atomic E-state index is 0.159. The second kappa shape index (κ2) is 5.50. The van der Waals surface area contributed by atoms with Crippen LogP contribution in [-0.2, 0) is 19.6 Å². The number of nitrogens with zero attached hydrogens (tertiary/aromatic N) is 2. The number of aromatic amines is 1. The molecule has 2 heterocycles. The molecule has 4 N–H and O–H groups in total. The summed E-state index contributed by atoms with van der Waals surface area (Å²) in [5.74, 6) is -2.34. The Balaban J connectivity index is 2.51. The maximum atomic E-state index is 12.5. The summed E-state index contributed by atoms with van der Waals surface area (Å²) in [4.78, 5) is 28.2. The van der Waals surface area contributed by atoms with Gasteiger partial charge in [-0.3, -0.25) is 9.59 Å². The first kappa shape index (κ1) is 14.9. The average molecular weight is 312 g/mol. The lowest BCUT2D eigenvalue weighted by Gasteiger charge is -2.18. The van der Waals surface area contributed by atoms with Crippen LogP contribution < -0.4 is 5.73 Å². The highest BCUT2D eigenvalue weighted by molar-refractivity contribution is 7.89. The van der Waals surface area contributed by atoms with Crippen LogP contribution in [0.5, 0.6) is 0 Å². The van der Waals surface area contributed by atoms with Gasteiger partial charge < -0.3 is 15.8 Å². The number of amides is 1. The second-order valence-electron chi connectivity index (χ2n) is 4.19. The molecule has 0 fully saturated rings. The van der Waals surface area contributed by atoms with E-state index in [1.54, 1.807) is 6.07 Å². The van der Waals surface area contributed by atoms with E-state index in [1.165, 1.54) is 18.5 Å². The van der Waals surface area contributed by atoms with Crippen molar-refractivity contribution in [3.05, 3.63) is 24.5 Å². The third kappa shape index (κ3) is 3.01. The van der Waals surface area contributed by atoms with Gasteiger partial charge in [0.15, 0.2) is 0 Å². The molecular weight excluding hydrogens is 300 g/mol. The molecule has 0 unspecified atom stereocenters. The lowest BCUT2D eigenvalue weighted by molar-refractivity contribution is -0.137. The Hall–Kier alpha value is -2.46. The van der Waals surface area contributed by atoms with E-state index in [9.17, 15) is 18.0 Å². The standard InChI is InChI=1S/C11H12N4O5S/c12-9(16)5-15(6-10(17)18)21(19,20)8-4-14-11-7(8)2-1-3-13-11/h1-4H,5-6H2,(H2,12,16)(H,13,14)(H,17,18). The highest BCUT2D eigenvalue weighted by Gasteiger charge is 2.30. The van der Waals surface area contributed by atoms with Crippen molar-refractivity contribution < 1.29 is 23.1 Å². The minimum Gasteiger partial charge on any atom is -0.480 e. The summed E-state index contributed by atoms with van der Waals surface area (Å²) >= 11 is 0. The van der Waals surface area contributed by atoms with E-state index in [1.807, 2.05) is 0 Å². The van der Waals surface area contributed by atoms with E-state index in [-0.39, 0.29) is 4.90 Å². The first-order chi connectivity index (χ1) is 9.82. The molecule has 0 aliphatic heterocycles. The zero-order valence-corrected chi connectivity index (χ0v) is 11.5. The monoisotopic (exact) mass is 312 g/mol. The number of nitrogens with one attached hydrogen (secondary N) is 1. The summed E-state index contributed by atoms with van der Waals surface area (Å²) in [6.07, 6.45) is 2.68. The van der Waals surface area contributed by atoms with Crippen LogP contribution in [0.25, 0.3) is 11.0 Å². The number of aliphatic carboxylic acids is 1. The van der Waals surface area contributed by atoms with Crippen molar-refractivity contribution in [3.63, 3.8) is 0 Å². The largest absolute Gasteiger partial charge is 0.480 e. The molecule has 10 heteroatoms. The van der Waals surface area contributed by atoms with Gasteiger partial charge in [-0.2, -0.15) is 4.31 Å². The van der Waals surface area contributed by atoms with Gasteiger partial charge in [-0.1, -0.05) is 0 Å². The first-order valence-corrected chi connectivity index (χ1v) is 7.18. The van der Waals surface area contributed by atoms with Crippen molar-refractivity contribution in [1.82, 2.24) is 14.3 Å². The van der Waals surface area contributed by atoms with E-state index in [2.05, 4.69) is 9.97 Å². The number of fused-ring (bicyclic) bond motifs is 1. The number of carbonyl (C=O) groups excluding carboxylic acids is 1. The Morgan fingerprint density at radius 2 is 2.10 bits per heavy atom. The fraction of sp³-hybridized carbons (Fsp3) is 0.182. The van der Waals surface area contributed by atoms with Gasteiger partial charge in [0.2, 0.25) is 15.9 Å². The number of hydrogen-bond donors (Lipinski definition) is 3. The Bertz CT molecular complexity index is 782. The van der Waals surface area contributed by atoms with E-state index < -0.39 is 35.0 Å². The molecule has 112 valence electrons. The molecular formula is C11H12N4O5S. The van der Waals surface area contributed by atoms with Gasteiger partial charge in [-0.25, -0.2) is 13.4 Å². The Kier molecular flexibility index (Phi) is 3.91. The van der Waals surface area contributed by atoms with E-state index >= 15 is 0 Å². The molecule has 0 aliphatic rings. The number of carbonyl (C=O) groups is 2. The summed E-state index contributed by atoms with van der Waals surface area (Å²) in [6, 6.07) is 3.07. The highest BCUT2D eigenvalue weighted by Crippen LogP contribution is 2.24. The van der Waals surface area contributed by atoms with E-state index in [0.717, 1.165) is 0 Å². The zero-order valence-electron chi connectivity index (χ0n) is 10.7. The molecule has 0 aromatic carbocycles. The average Bonchev–Trinajstić information content (AvgIpc) is 2.81. The number of aromatic nitrogens is 2. The lowest BCUT2D eigenvalue weighted by Crippen LogP contribution is -2.41. The number of carboxylic acid groups (broad SMARTS) is 1. The van der Waals surface area contributed by atoms with E-state index in [4.69, 9.17) is 10.8 Å². The number of carboxylic acids is 1. The molecule has 21 heavy (non-hydrogen) atoms. The zero-order chi connectivity index (χ0) is 15.6. The molecule has 9 nitrogen and oxygen atoms in total. The van der Waals surface area contributed by atoms with Gasteiger partial charge in [0.05, 0.1) is 6.54 Å². The SMILES string of the molecule is NC(=O)CN(CC(=O)O)S(=O)(=O)c1c[nH]c2ncccc12. The number of hydrogen-bond acceptors (Lipinski definition) is 5. The first-order valence-electron chi connectivity index (χ1n) is 5.74. The number of pyridine rings is 1. The molecule has 2 rings (SSSR count). The van der Waals surface area contributed by atoms with Crippen LogP contribution in [0.1, 0.15) is 0 Å². The summed E-state index contributed by atoms with van der Waals surface area (Å²) in [5, 5.41) is 9.10. The van der Waals surface area contributed by atoms with E-state index in [0.29, 0.717) is 15.3 Å². The van der Waals surface area contributed by atoms with Crippen LogP contribution in [0, 0.1) is 0 Å². The molecule has 0 radical (unpaired) electrons. The van der Waals surface area contributed by atoms with Crippen LogP contribution in [0.2, 0.25) is 0 Å². The molecule has 2 aromatic heterocycles. The van der Waals surface area contributed by atoms with Crippen LogP contribution >= 0.6 is 0 Å². The van der Waals surface area contributed by atoms with Crippen LogP contribution in [0.4, 0.5) is 0 Å². The molecule has 0 saturated heterocycles. The van der Waals surface area contributed by atoms with Crippen molar-refractivity contribution >= 4 is 32.9 Å². The predicted octanol–water partition coefficient (Wildman–Crippen LogP) is -0.876. The number of primary amides is 1. The van der Waals surface area contributed by atoms with Crippen molar-refractivity contribution in [2.75, 3.05) is 13.1 Å². The summed E-state index contributed by atoms with van der Waals surface area (Å²) in [5.41, 5.74) is 5.31. The van der Waals surface area contributed by atoms with Gasteiger partial charge in [-0.15, -0.1) is 0 Å². The highest BCUT2D eigenvalue weighted by atomic mass is 32.2. The van der Waals surface area contributed by atoms with Crippen molar-refractivity contribution in [2.45, 2.75) is 4.90 Å². The number of H-pyrrole nitrogens is 1. The summed E-state index contributed by atoms with van der Waals surface area (Å²) < 4.78 is 25.5. The number of nitrogens with two attached hydrogens (primary N) is 1. The Morgan fingerprint density at radius 3 is 2.71 bits per heavy atom. The van der Waals surface area contributed by atoms with Gasteiger partial charge in [-0.05, 0) is 12.1 Å². The Morgan fingerprint density at radius 1 is 1.38 bits per heavy atom. The normalized spacial score (nSPS) is 11.9. The molecule has 0 saturated carbocycles. The fourth-order valence-corrected chi connectivity index (χ4v) is 3.34. The molecule has 1 amide bonds. The summed E-state index contributed by atoms with van der Waals surface area (Å²) in [6.45, 7) is -1.58. The van der Waals surface area contributed by atoms with Crippen LogP contribution in [0.15, 0.2) is 29.4 Å². The maximum Gasteiger partial charge on any atom is 0.318 e. The van der Waals surface area contributed by atoms with Gasteiger partial charge >= 0.3 is 5.97 Å².